The molecule has 106 valence electrons. The van der Waals surface area contributed by atoms with Crippen LogP contribution in [0.4, 0.5) is 0 Å². The third kappa shape index (κ3) is 1.94. The molecular formula is C18H17IN2. The zero-order valence-electron chi connectivity index (χ0n) is 12.4. The molecular weight excluding hydrogens is 371 g/mol. The topological polar surface area (TPSA) is 8.81 Å². The van der Waals surface area contributed by atoms with Crippen molar-refractivity contribution in [1.82, 2.24) is 4.57 Å². The van der Waals surface area contributed by atoms with Crippen LogP contribution < -0.4 is 28.5 Å². The molecule has 0 fully saturated rings. The lowest BCUT2D eigenvalue weighted by Gasteiger charge is -2.04. The summed E-state index contributed by atoms with van der Waals surface area (Å²) < 4.78 is 4.41. The van der Waals surface area contributed by atoms with Gasteiger partial charge in [-0.3, -0.25) is 0 Å². The minimum atomic E-state index is 0. The maximum atomic E-state index is 2.30. The molecule has 4 aromatic rings. The monoisotopic (exact) mass is 388 g/mol. The molecule has 21 heavy (non-hydrogen) atoms. The number of fused-ring (bicyclic) bond motifs is 4. The number of pyridine rings is 1. The Hall–Kier alpha value is -1.62. The molecule has 2 aromatic carbocycles. The van der Waals surface area contributed by atoms with E-state index in [1.165, 1.54) is 38.1 Å². The SMILES string of the molecule is Cc1c2c[n+](C)ccc2cc2c1c1ccccc1n2C.[I-]. The summed E-state index contributed by atoms with van der Waals surface area (Å²) in [7, 11) is 4.23. The van der Waals surface area contributed by atoms with Gasteiger partial charge in [0.2, 0.25) is 0 Å². The first-order valence-corrected chi connectivity index (χ1v) is 6.92. The smallest absolute Gasteiger partial charge is 0.176 e. The van der Waals surface area contributed by atoms with E-state index in [0.717, 1.165) is 0 Å². The minimum Gasteiger partial charge on any atom is -1.00 e. The van der Waals surface area contributed by atoms with Gasteiger partial charge in [-0.25, -0.2) is 4.57 Å². The predicted octanol–water partition coefficient (Wildman–Crippen LogP) is 0.622. The third-order valence-corrected chi connectivity index (χ3v) is 4.36. The van der Waals surface area contributed by atoms with E-state index >= 15 is 0 Å². The molecule has 0 saturated carbocycles. The van der Waals surface area contributed by atoms with Crippen LogP contribution >= 0.6 is 0 Å². The van der Waals surface area contributed by atoms with E-state index in [0.29, 0.717) is 0 Å². The van der Waals surface area contributed by atoms with Gasteiger partial charge in [-0.05, 0) is 30.0 Å². The fourth-order valence-corrected chi connectivity index (χ4v) is 3.31. The van der Waals surface area contributed by atoms with Crippen LogP contribution in [0.15, 0.2) is 48.8 Å². The average Bonchev–Trinajstić information content (AvgIpc) is 2.74. The Bertz CT molecular complexity index is 983. The standard InChI is InChI=1S/C18H17N2.HI/c1-12-15-11-19(2)9-8-13(15)10-17-18(12)14-6-4-5-7-16(14)20(17)3;/h4-11H,1-3H3;1H/q+1;/p-1. The summed E-state index contributed by atoms with van der Waals surface area (Å²) in [5.41, 5.74) is 3.97. The zero-order valence-corrected chi connectivity index (χ0v) is 14.5. The van der Waals surface area contributed by atoms with Crippen molar-refractivity contribution in [2.75, 3.05) is 0 Å². The summed E-state index contributed by atoms with van der Waals surface area (Å²) in [5, 5.41) is 5.36. The molecule has 0 saturated heterocycles. The number of para-hydroxylation sites is 1. The Morgan fingerprint density at radius 1 is 1.00 bits per heavy atom. The van der Waals surface area contributed by atoms with Crippen LogP contribution in [0.25, 0.3) is 32.6 Å². The normalized spacial score (nSPS) is 11.2. The lowest BCUT2D eigenvalue weighted by molar-refractivity contribution is -0.670. The molecule has 3 heteroatoms. The molecule has 0 aliphatic heterocycles. The summed E-state index contributed by atoms with van der Waals surface area (Å²) >= 11 is 0. The second kappa shape index (κ2) is 4.98. The van der Waals surface area contributed by atoms with Crippen LogP contribution in [0.3, 0.4) is 0 Å². The van der Waals surface area contributed by atoms with Gasteiger partial charge < -0.3 is 28.5 Å². The fourth-order valence-electron chi connectivity index (χ4n) is 3.31. The molecule has 2 heterocycles. The number of aryl methyl sites for hydroxylation is 3. The van der Waals surface area contributed by atoms with Crippen molar-refractivity contribution >= 4 is 32.6 Å². The van der Waals surface area contributed by atoms with Crippen molar-refractivity contribution in [3.05, 3.63) is 54.4 Å². The van der Waals surface area contributed by atoms with Gasteiger partial charge in [-0.15, -0.1) is 0 Å². The maximum absolute atomic E-state index is 2.30. The van der Waals surface area contributed by atoms with Crippen LogP contribution in [-0.4, -0.2) is 4.57 Å². The van der Waals surface area contributed by atoms with Crippen molar-refractivity contribution in [3.63, 3.8) is 0 Å². The molecule has 0 aliphatic carbocycles. The molecule has 2 aromatic heterocycles. The number of benzene rings is 2. The minimum absolute atomic E-state index is 0. The molecule has 2 nitrogen and oxygen atoms in total. The Morgan fingerprint density at radius 3 is 2.57 bits per heavy atom. The number of halogens is 1. The van der Waals surface area contributed by atoms with Crippen LogP contribution in [-0.2, 0) is 14.1 Å². The van der Waals surface area contributed by atoms with E-state index in [-0.39, 0.29) is 24.0 Å². The van der Waals surface area contributed by atoms with Crippen molar-refractivity contribution in [3.8, 4) is 0 Å². The van der Waals surface area contributed by atoms with Crippen molar-refractivity contribution < 1.29 is 28.5 Å². The molecule has 0 amide bonds. The van der Waals surface area contributed by atoms with Gasteiger partial charge in [0.15, 0.2) is 12.4 Å². The Kier molecular flexibility index (Phi) is 3.40. The maximum Gasteiger partial charge on any atom is 0.176 e. The van der Waals surface area contributed by atoms with Crippen LogP contribution in [0, 0.1) is 6.92 Å². The molecule has 4 rings (SSSR count). The van der Waals surface area contributed by atoms with Gasteiger partial charge in [0.1, 0.15) is 7.05 Å². The summed E-state index contributed by atoms with van der Waals surface area (Å²) in [4.78, 5) is 0. The second-order valence-corrected chi connectivity index (χ2v) is 5.59. The van der Waals surface area contributed by atoms with Crippen molar-refractivity contribution in [1.29, 1.82) is 0 Å². The van der Waals surface area contributed by atoms with Crippen LogP contribution in [0.5, 0.6) is 0 Å². The van der Waals surface area contributed by atoms with Crippen molar-refractivity contribution in [2.45, 2.75) is 6.92 Å². The van der Waals surface area contributed by atoms with E-state index in [2.05, 4.69) is 78.9 Å². The summed E-state index contributed by atoms with van der Waals surface area (Å²) in [5.74, 6) is 0. The van der Waals surface area contributed by atoms with E-state index < -0.39 is 0 Å². The number of rotatable bonds is 0. The molecule has 0 spiro atoms. The van der Waals surface area contributed by atoms with E-state index in [9.17, 15) is 0 Å². The van der Waals surface area contributed by atoms with Crippen molar-refractivity contribution in [2.24, 2.45) is 14.1 Å². The highest BCUT2D eigenvalue weighted by Crippen LogP contribution is 2.34. The molecule has 0 bridgehead atoms. The second-order valence-electron chi connectivity index (χ2n) is 5.59. The first-order chi connectivity index (χ1) is 9.66. The van der Waals surface area contributed by atoms with Gasteiger partial charge in [-0.1, -0.05) is 18.2 Å². The van der Waals surface area contributed by atoms with Gasteiger partial charge in [0.05, 0.1) is 0 Å². The van der Waals surface area contributed by atoms with Crippen LogP contribution in [0.2, 0.25) is 0 Å². The lowest BCUT2D eigenvalue weighted by atomic mass is 10.0. The molecule has 0 radical (unpaired) electrons. The highest BCUT2D eigenvalue weighted by molar-refractivity contribution is 6.14. The first-order valence-electron chi connectivity index (χ1n) is 6.92. The van der Waals surface area contributed by atoms with Gasteiger partial charge >= 0.3 is 0 Å². The van der Waals surface area contributed by atoms with Gasteiger partial charge in [0.25, 0.3) is 0 Å². The van der Waals surface area contributed by atoms with E-state index in [1.807, 2.05) is 0 Å². The summed E-state index contributed by atoms with van der Waals surface area (Å²) in [6.45, 7) is 2.23. The zero-order chi connectivity index (χ0) is 13.9. The summed E-state index contributed by atoms with van der Waals surface area (Å²) in [6.07, 6.45) is 4.32. The highest BCUT2D eigenvalue weighted by atomic mass is 127. The van der Waals surface area contributed by atoms with E-state index in [1.54, 1.807) is 0 Å². The Labute approximate surface area is 141 Å². The number of aromatic nitrogens is 2. The Morgan fingerprint density at radius 2 is 1.76 bits per heavy atom. The third-order valence-electron chi connectivity index (χ3n) is 4.36. The van der Waals surface area contributed by atoms with Gasteiger partial charge in [0, 0.05) is 40.3 Å². The molecule has 0 unspecified atom stereocenters. The van der Waals surface area contributed by atoms with Gasteiger partial charge in [-0.2, -0.15) is 0 Å². The fraction of sp³-hybridized carbons (Fsp3) is 0.167. The molecule has 0 N–H and O–H groups in total. The average molecular weight is 388 g/mol. The highest BCUT2D eigenvalue weighted by Gasteiger charge is 2.13. The first kappa shape index (κ1) is 14.3. The number of hydrogen-bond donors (Lipinski definition) is 0. The number of hydrogen-bond acceptors (Lipinski definition) is 0. The van der Waals surface area contributed by atoms with E-state index in [4.69, 9.17) is 0 Å². The quantitative estimate of drug-likeness (QED) is 0.309. The predicted molar refractivity (Wildman–Crippen MR) is 83.8 cm³/mol. The molecule has 0 aliphatic rings. The van der Waals surface area contributed by atoms with Crippen LogP contribution in [0.1, 0.15) is 5.56 Å². The Balaban J connectivity index is 0.00000132. The number of nitrogens with zero attached hydrogens (tertiary/aromatic N) is 2. The molecule has 0 atom stereocenters. The lowest BCUT2D eigenvalue weighted by Crippen LogP contribution is -3.00. The largest absolute Gasteiger partial charge is 1.00 e. The summed E-state index contributed by atoms with van der Waals surface area (Å²) in [6, 6.07) is 13.1.